The molecule has 0 saturated carbocycles. The zero-order valence-electron chi connectivity index (χ0n) is 11.5. The van der Waals surface area contributed by atoms with E-state index in [-0.39, 0.29) is 29.3 Å². The van der Waals surface area contributed by atoms with Crippen LogP contribution in [0.1, 0.15) is 36.0 Å². The van der Waals surface area contributed by atoms with E-state index in [1.165, 1.54) is 18.2 Å². The molecule has 1 fully saturated rings. The number of rotatable bonds is 4. The van der Waals surface area contributed by atoms with E-state index < -0.39 is 4.92 Å². The molecule has 114 valence electrons. The molecule has 1 aromatic carbocycles. The fourth-order valence-electron chi connectivity index (χ4n) is 2.67. The van der Waals surface area contributed by atoms with Crippen LogP contribution in [0.4, 0.5) is 5.69 Å². The number of benzene rings is 1. The molecule has 6 nitrogen and oxygen atoms in total. The summed E-state index contributed by atoms with van der Waals surface area (Å²) in [6.07, 6.45) is 3.38. The van der Waals surface area contributed by atoms with Gasteiger partial charge in [-0.15, -0.1) is 0 Å². The molecule has 0 bridgehead atoms. The Labute approximate surface area is 127 Å². The van der Waals surface area contributed by atoms with Gasteiger partial charge in [0.2, 0.25) is 0 Å². The molecule has 0 aliphatic carbocycles. The standard InChI is InChI=1S/C14H17ClN2O4/c15-12-9-10(4-5-13(12)17(20)21)14(19)16-7-2-1-3-11(16)6-8-18/h4-5,9,11,18H,1-3,6-8H2. The number of nitro groups is 1. The number of carbonyl (C=O) groups is 1. The van der Waals surface area contributed by atoms with Gasteiger partial charge in [-0.1, -0.05) is 11.6 Å². The topological polar surface area (TPSA) is 83.7 Å². The van der Waals surface area contributed by atoms with Crippen LogP contribution < -0.4 is 0 Å². The zero-order chi connectivity index (χ0) is 15.4. The summed E-state index contributed by atoms with van der Waals surface area (Å²) in [5, 5.41) is 19.8. The van der Waals surface area contributed by atoms with Crippen molar-refractivity contribution in [2.75, 3.05) is 13.2 Å². The second-order valence-electron chi connectivity index (χ2n) is 5.08. The van der Waals surface area contributed by atoms with Gasteiger partial charge in [0.15, 0.2) is 0 Å². The lowest BCUT2D eigenvalue weighted by atomic mass is 9.98. The molecular weight excluding hydrogens is 296 g/mol. The van der Waals surface area contributed by atoms with Gasteiger partial charge in [0.25, 0.3) is 11.6 Å². The molecular formula is C14H17ClN2O4. The fourth-order valence-corrected chi connectivity index (χ4v) is 2.92. The summed E-state index contributed by atoms with van der Waals surface area (Å²) in [6.45, 7) is 0.674. The lowest BCUT2D eigenvalue weighted by Gasteiger charge is -2.35. The number of nitro benzene ring substituents is 1. The summed E-state index contributed by atoms with van der Waals surface area (Å²) in [4.78, 5) is 24.4. The van der Waals surface area contributed by atoms with Crippen LogP contribution in [-0.2, 0) is 0 Å². The number of hydrogen-bond acceptors (Lipinski definition) is 4. The number of amides is 1. The first-order valence-electron chi connectivity index (χ1n) is 6.90. The van der Waals surface area contributed by atoms with Gasteiger partial charge in [-0.3, -0.25) is 14.9 Å². The van der Waals surface area contributed by atoms with Crippen LogP contribution in [0, 0.1) is 10.1 Å². The molecule has 1 unspecified atom stereocenters. The van der Waals surface area contributed by atoms with Crippen molar-refractivity contribution in [2.45, 2.75) is 31.7 Å². The predicted octanol–water partition coefficient (Wildman–Crippen LogP) is 2.63. The van der Waals surface area contributed by atoms with E-state index in [2.05, 4.69) is 0 Å². The minimum Gasteiger partial charge on any atom is -0.396 e. The van der Waals surface area contributed by atoms with E-state index in [9.17, 15) is 14.9 Å². The molecule has 1 aliphatic heterocycles. The van der Waals surface area contributed by atoms with Crippen LogP contribution in [0.2, 0.25) is 5.02 Å². The Balaban J connectivity index is 2.22. The van der Waals surface area contributed by atoms with Crippen LogP contribution in [0.5, 0.6) is 0 Å². The zero-order valence-corrected chi connectivity index (χ0v) is 12.3. The van der Waals surface area contributed by atoms with E-state index in [1.807, 2.05) is 0 Å². The van der Waals surface area contributed by atoms with Crippen LogP contribution in [0.3, 0.4) is 0 Å². The summed E-state index contributed by atoms with van der Waals surface area (Å²) in [5.74, 6) is -0.190. The van der Waals surface area contributed by atoms with Crippen LogP contribution in [-0.4, -0.2) is 40.0 Å². The molecule has 0 aromatic heterocycles. The van der Waals surface area contributed by atoms with Gasteiger partial charge in [-0.2, -0.15) is 0 Å². The summed E-state index contributed by atoms with van der Waals surface area (Å²) in [6, 6.07) is 4.04. The van der Waals surface area contributed by atoms with Gasteiger partial charge >= 0.3 is 0 Å². The molecule has 2 rings (SSSR count). The number of nitrogens with zero attached hydrogens (tertiary/aromatic N) is 2. The minimum atomic E-state index is -0.577. The maximum atomic E-state index is 12.5. The predicted molar refractivity (Wildman–Crippen MR) is 78.5 cm³/mol. The van der Waals surface area contributed by atoms with E-state index in [0.29, 0.717) is 18.5 Å². The number of hydrogen-bond donors (Lipinski definition) is 1. The van der Waals surface area contributed by atoms with Crippen molar-refractivity contribution < 1.29 is 14.8 Å². The number of likely N-dealkylation sites (tertiary alicyclic amines) is 1. The van der Waals surface area contributed by atoms with Gasteiger partial charge in [0.05, 0.1) is 4.92 Å². The molecule has 21 heavy (non-hydrogen) atoms. The third-order valence-electron chi connectivity index (χ3n) is 3.74. The molecule has 1 saturated heterocycles. The highest BCUT2D eigenvalue weighted by Crippen LogP contribution is 2.27. The maximum Gasteiger partial charge on any atom is 0.287 e. The quantitative estimate of drug-likeness (QED) is 0.684. The summed E-state index contributed by atoms with van der Waals surface area (Å²) in [5.41, 5.74) is 0.134. The Kier molecular flexibility index (Phi) is 5.14. The first-order chi connectivity index (χ1) is 10.0. The SMILES string of the molecule is O=C(c1ccc([N+](=O)[O-])c(Cl)c1)N1CCCCC1CCO. The van der Waals surface area contributed by atoms with Crippen molar-refractivity contribution in [2.24, 2.45) is 0 Å². The molecule has 1 amide bonds. The monoisotopic (exact) mass is 312 g/mol. The average Bonchev–Trinajstić information content (AvgIpc) is 2.47. The molecule has 7 heteroatoms. The largest absolute Gasteiger partial charge is 0.396 e. The number of carbonyl (C=O) groups excluding carboxylic acids is 1. The van der Waals surface area contributed by atoms with Crippen molar-refractivity contribution in [1.82, 2.24) is 4.90 Å². The molecule has 1 atom stereocenters. The Morgan fingerprint density at radius 1 is 1.48 bits per heavy atom. The summed E-state index contributed by atoms with van der Waals surface area (Å²) < 4.78 is 0. The lowest BCUT2D eigenvalue weighted by molar-refractivity contribution is -0.384. The minimum absolute atomic E-state index is 0.0187. The van der Waals surface area contributed by atoms with E-state index in [4.69, 9.17) is 16.7 Å². The van der Waals surface area contributed by atoms with E-state index in [1.54, 1.807) is 4.90 Å². The third-order valence-corrected chi connectivity index (χ3v) is 4.04. The van der Waals surface area contributed by atoms with E-state index >= 15 is 0 Å². The van der Waals surface area contributed by atoms with Crippen LogP contribution in [0.25, 0.3) is 0 Å². The van der Waals surface area contributed by atoms with Crippen molar-refractivity contribution in [1.29, 1.82) is 0 Å². The summed E-state index contributed by atoms with van der Waals surface area (Å²) >= 11 is 5.85. The van der Waals surface area contributed by atoms with Crippen molar-refractivity contribution in [3.63, 3.8) is 0 Å². The number of halogens is 1. The van der Waals surface area contributed by atoms with Crippen molar-refractivity contribution in [3.8, 4) is 0 Å². The number of aliphatic hydroxyl groups excluding tert-OH is 1. The van der Waals surface area contributed by atoms with Gasteiger partial charge < -0.3 is 10.0 Å². The van der Waals surface area contributed by atoms with Gasteiger partial charge in [0.1, 0.15) is 5.02 Å². The second kappa shape index (κ2) is 6.87. The Morgan fingerprint density at radius 2 is 2.24 bits per heavy atom. The average molecular weight is 313 g/mol. The Morgan fingerprint density at radius 3 is 2.86 bits per heavy atom. The molecule has 1 heterocycles. The van der Waals surface area contributed by atoms with E-state index in [0.717, 1.165) is 19.3 Å². The van der Waals surface area contributed by atoms with Crippen molar-refractivity contribution >= 4 is 23.2 Å². The fraction of sp³-hybridized carbons (Fsp3) is 0.500. The molecule has 0 spiro atoms. The van der Waals surface area contributed by atoms with Crippen LogP contribution >= 0.6 is 11.6 Å². The highest BCUT2D eigenvalue weighted by atomic mass is 35.5. The number of piperidine rings is 1. The molecule has 1 N–H and O–H groups in total. The van der Waals surface area contributed by atoms with Gasteiger partial charge in [-0.05, 0) is 37.8 Å². The molecule has 1 aromatic rings. The Hall–Kier alpha value is -1.66. The maximum absolute atomic E-state index is 12.5. The first kappa shape index (κ1) is 15.7. The summed E-state index contributed by atoms with van der Waals surface area (Å²) in [7, 11) is 0. The molecule has 0 radical (unpaired) electrons. The number of aliphatic hydroxyl groups is 1. The second-order valence-corrected chi connectivity index (χ2v) is 5.49. The Bertz CT molecular complexity index is 548. The normalized spacial score (nSPS) is 18.6. The van der Waals surface area contributed by atoms with Crippen LogP contribution in [0.15, 0.2) is 18.2 Å². The van der Waals surface area contributed by atoms with Crippen molar-refractivity contribution in [3.05, 3.63) is 38.9 Å². The lowest BCUT2D eigenvalue weighted by Crippen LogP contribution is -2.44. The van der Waals surface area contributed by atoms with Gasteiger partial charge in [0, 0.05) is 30.8 Å². The van der Waals surface area contributed by atoms with Gasteiger partial charge in [-0.25, -0.2) is 0 Å². The highest BCUT2D eigenvalue weighted by molar-refractivity contribution is 6.33. The highest BCUT2D eigenvalue weighted by Gasteiger charge is 2.27. The first-order valence-corrected chi connectivity index (χ1v) is 7.28. The molecule has 1 aliphatic rings. The third kappa shape index (κ3) is 3.51. The smallest absolute Gasteiger partial charge is 0.287 e.